The number of imidazole rings is 1. The number of aromatic nitrogens is 2. The van der Waals surface area contributed by atoms with E-state index in [4.69, 9.17) is 9.72 Å². The van der Waals surface area contributed by atoms with Crippen LogP contribution in [0.1, 0.15) is 11.1 Å². The number of nitrogens with zero attached hydrogens (tertiary/aromatic N) is 1. The fourth-order valence-corrected chi connectivity index (χ4v) is 2.65. The van der Waals surface area contributed by atoms with Crippen molar-refractivity contribution in [1.29, 1.82) is 0 Å². The van der Waals surface area contributed by atoms with Gasteiger partial charge >= 0.3 is 0 Å². The van der Waals surface area contributed by atoms with E-state index in [1.54, 1.807) is 0 Å². The lowest BCUT2D eigenvalue weighted by molar-refractivity contribution is 0.357. The molecule has 0 unspecified atom stereocenters. The van der Waals surface area contributed by atoms with Crippen LogP contribution in [0.15, 0.2) is 36.4 Å². The topological polar surface area (TPSA) is 37.9 Å². The minimum absolute atomic E-state index is 0.790. The molecule has 0 fully saturated rings. The molecule has 2 aromatic carbocycles. The lowest BCUT2D eigenvalue weighted by Gasteiger charge is -2.01. The van der Waals surface area contributed by atoms with Crippen LogP contribution in [0.2, 0.25) is 0 Å². The first-order valence-electron chi connectivity index (χ1n) is 6.53. The van der Waals surface area contributed by atoms with Crippen molar-refractivity contribution in [2.75, 3.05) is 6.61 Å². The van der Waals surface area contributed by atoms with E-state index in [-0.39, 0.29) is 0 Å². The Morgan fingerprint density at radius 3 is 3.05 bits per heavy atom. The van der Waals surface area contributed by atoms with Gasteiger partial charge in [-0.3, -0.25) is 0 Å². The van der Waals surface area contributed by atoms with Gasteiger partial charge in [0, 0.05) is 12.0 Å². The van der Waals surface area contributed by atoms with E-state index >= 15 is 0 Å². The van der Waals surface area contributed by atoms with E-state index in [1.807, 2.05) is 6.07 Å². The molecule has 3 aromatic rings. The highest BCUT2D eigenvalue weighted by molar-refractivity contribution is 5.82. The Morgan fingerprint density at radius 2 is 2.16 bits per heavy atom. The number of aryl methyl sites for hydroxylation is 1. The first kappa shape index (κ1) is 10.6. The summed E-state index contributed by atoms with van der Waals surface area (Å²) in [5.41, 5.74) is 5.74. The van der Waals surface area contributed by atoms with Gasteiger partial charge in [0.05, 0.1) is 17.6 Å². The number of H-pyrrole nitrogens is 1. The van der Waals surface area contributed by atoms with Crippen LogP contribution in [-0.2, 0) is 6.42 Å². The van der Waals surface area contributed by atoms with Gasteiger partial charge in [0.1, 0.15) is 11.6 Å². The highest BCUT2D eigenvalue weighted by atomic mass is 16.5. The predicted octanol–water partition coefficient (Wildman–Crippen LogP) is 3.47. The van der Waals surface area contributed by atoms with Crippen molar-refractivity contribution in [3.63, 3.8) is 0 Å². The van der Waals surface area contributed by atoms with Crippen LogP contribution in [-0.4, -0.2) is 16.6 Å². The van der Waals surface area contributed by atoms with E-state index in [0.717, 1.165) is 41.2 Å². The highest BCUT2D eigenvalue weighted by Crippen LogP contribution is 2.30. The molecular formula is C16H14N2O. The van der Waals surface area contributed by atoms with E-state index in [0.29, 0.717) is 0 Å². The summed E-state index contributed by atoms with van der Waals surface area (Å²) < 4.78 is 5.54. The second-order valence-electron chi connectivity index (χ2n) is 4.98. The van der Waals surface area contributed by atoms with Crippen molar-refractivity contribution in [2.45, 2.75) is 13.3 Å². The zero-order valence-electron chi connectivity index (χ0n) is 10.7. The molecule has 1 N–H and O–H groups in total. The van der Waals surface area contributed by atoms with Gasteiger partial charge in [0.2, 0.25) is 0 Å². The molecule has 4 rings (SSSR count). The van der Waals surface area contributed by atoms with E-state index < -0.39 is 0 Å². The average Bonchev–Trinajstić information content (AvgIpc) is 3.04. The number of ether oxygens (including phenoxy) is 1. The summed E-state index contributed by atoms with van der Waals surface area (Å²) in [7, 11) is 0. The van der Waals surface area contributed by atoms with Gasteiger partial charge in [0.25, 0.3) is 0 Å². The third kappa shape index (κ3) is 1.62. The fraction of sp³-hybridized carbons (Fsp3) is 0.188. The maximum Gasteiger partial charge on any atom is 0.138 e. The summed E-state index contributed by atoms with van der Waals surface area (Å²) in [5, 5.41) is 0. The number of hydrogen-bond acceptors (Lipinski definition) is 2. The molecule has 1 aromatic heterocycles. The predicted molar refractivity (Wildman–Crippen MR) is 75.5 cm³/mol. The Labute approximate surface area is 111 Å². The molecule has 0 atom stereocenters. The van der Waals surface area contributed by atoms with Crippen LogP contribution < -0.4 is 4.74 Å². The Hall–Kier alpha value is -2.29. The monoisotopic (exact) mass is 250 g/mol. The molecule has 94 valence electrons. The lowest BCUT2D eigenvalue weighted by Crippen LogP contribution is -1.85. The molecule has 0 aliphatic carbocycles. The summed E-state index contributed by atoms with van der Waals surface area (Å²) >= 11 is 0. The van der Waals surface area contributed by atoms with Gasteiger partial charge in [-0.2, -0.15) is 0 Å². The molecule has 0 saturated heterocycles. The molecule has 3 nitrogen and oxygen atoms in total. The number of nitrogens with one attached hydrogen (secondary N) is 1. The second kappa shape index (κ2) is 3.85. The zero-order chi connectivity index (χ0) is 12.8. The molecule has 1 aliphatic heterocycles. The summed E-state index contributed by atoms with van der Waals surface area (Å²) in [6.45, 7) is 2.88. The Morgan fingerprint density at radius 1 is 1.21 bits per heavy atom. The van der Waals surface area contributed by atoms with Crippen LogP contribution >= 0.6 is 0 Å². The molecule has 1 aliphatic rings. The molecule has 19 heavy (non-hydrogen) atoms. The first-order chi connectivity index (χ1) is 9.31. The molecule has 2 heterocycles. The third-order valence-corrected chi connectivity index (χ3v) is 3.68. The number of aromatic amines is 1. The average molecular weight is 250 g/mol. The Balaban J connectivity index is 1.88. The number of benzene rings is 2. The SMILES string of the molecule is Cc1cccc2[nH]c(-c3ccc4c(c3)CCO4)nc12. The van der Waals surface area contributed by atoms with Crippen molar-refractivity contribution in [2.24, 2.45) is 0 Å². The maximum absolute atomic E-state index is 5.54. The van der Waals surface area contributed by atoms with Crippen molar-refractivity contribution < 1.29 is 4.74 Å². The van der Waals surface area contributed by atoms with Crippen molar-refractivity contribution >= 4 is 11.0 Å². The van der Waals surface area contributed by atoms with Gasteiger partial charge < -0.3 is 9.72 Å². The minimum Gasteiger partial charge on any atom is -0.493 e. The summed E-state index contributed by atoms with van der Waals surface area (Å²) in [6.07, 6.45) is 0.989. The highest BCUT2D eigenvalue weighted by Gasteiger charge is 2.14. The van der Waals surface area contributed by atoms with E-state index in [1.165, 1.54) is 11.1 Å². The normalized spacial score (nSPS) is 13.5. The van der Waals surface area contributed by atoms with Gasteiger partial charge in [-0.25, -0.2) is 4.98 Å². The summed E-state index contributed by atoms with van der Waals surface area (Å²) in [4.78, 5) is 8.10. The fourth-order valence-electron chi connectivity index (χ4n) is 2.65. The zero-order valence-corrected chi connectivity index (χ0v) is 10.7. The first-order valence-corrected chi connectivity index (χ1v) is 6.53. The molecule has 0 radical (unpaired) electrons. The Bertz CT molecular complexity index is 774. The van der Waals surface area contributed by atoms with Crippen LogP contribution in [0.25, 0.3) is 22.4 Å². The van der Waals surface area contributed by atoms with Gasteiger partial charge in [-0.1, -0.05) is 12.1 Å². The quantitative estimate of drug-likeness (QED) is 0.718. The van der Waals surface area contributed by atoms with Crippen molar-refractivity contribution in [3.8, 4) is 17.1 Å². The van der Waals surface area contributed by atoms with Gasteiger partial charge in [-0.15, -0.1) is 0 Å². The van der Waals surface area contributed by atoms with Crippen LogP contribution in [0.3, 0.4) is 0 Å². The molecule has 0 bridgehead atoms. The van der Waals surface area contributed by atoms with Gasteiger partial charge in [0.15, 0.2) is 0 Å². The number of rotatable bonds is 1. The summed E-state index contributed by atoms with van der Waals surface area (Å²) in [6, 6.07) is 12.5. The van der Waals surface area contributed by atoms with Crippen LogP contribution in [0, 0.1) is 6.92 Å². The van der Waals surface area contributed by atoms with E-state index in [9.17, 15) is 0 Å². The van der Waals surface area contributed by atoms with E-state index in [2.05, 4.69) is 42.2 Å². The number of fused-ring (bicyclic) bond motifs is 2. The second-order valence-corrected chi connectivity index (χ2v) is 4.98. The maximum atomic E-state index is 5.54. The number of para-hydroxylation sites is 1. The molecule has 0 amide bonds. The minimum atomic E-state index is 0.790. The van der Waals surface area contributed by atoms with Crippen LogP contribution in [0.5, 0.6) is 5.75 Å². The Kier molecular flexibility index (Phi) is 2.15. The molecule has 3 heteroatoms. The summed E-state index contributed by atoms with van der Waals surface area (Å²) in [5.74, 6) is 1.94. The standard InChI is InChI=1S/C16H14N2O/c1-10-3-2-4-13-15(10)18-16(17-13)12-5-6-14-11(9-12)7-8-19-14/h2-6,9H,7-8H2,1H3,(H,17,18). The lowest BCUT2D eigenvalue weighted by atomic mass is 10.1. The number of hydrogen-bond donors (Lipinski definition) is 1. The molecule has 0 spiro atoms. The van der Waals surface area contributed by atoms with Crippen molar-refractivity contribution in [3.05, 3.63) is 47.5 Å². The third-order valence-electron chi connectivity index (χ3n) is 3.68. The molecule has 0 saturated carbocycles. The van der Waals surface area contributed by atoms with Crippen molar-refractivity contribution in [1.82, 2.24) is 9.97 Å². The van der Waals surface area contributed by atoms with Crippen LogP contribution in [0.4, 0.5) is 0 Å². The largest absolute Gasteiger partial charge is 0.493 e. The smallest absolute Gasteiger partial charge is 0.138 e. The molecular weight excluding hydrogens is 236 g/mol. The van der Waals surface area contributed by atoms with Gasteiger partial charge in [-0.05, 0) is 42.3 Å².